The molecule has 43 heavy (non-hydrogen) atoms. The molecular weight excluding hydrogens is 594 g/mol. The third kappa shape index (κ3) is 6.48. The fourth-order valence-electron chi connectivity index (χ4n) is 3.95. The van der Waals surface area contributed by atoms with Crippen LogP contribution in [0.5, 0.6) is 17.2 Å². The molecule has 2 unspecified atom stereocenters. The molecule has 230 valence electrons. The van der Waals surface area contributed by atoms with Crippen LogP contribution in [0.15, 0.2) is 54.6 Å². The van der Waals surface area contributed by atoms with Crippen molar-refractivity contribution < 1.29 is 70.3 Å². The van der Waals surface area contributed by atoms with E-state index < -0.39 is 36.3 Å². The molecule has 9 nitrogen and oxygen atoms in total. The third-order valence-electron chi connectivity index (χ3n) is 6.03. The summed E-state index contributed by atoms with van der Waals surface area (Å²) in [5.41, 5.74) is 0.562. The summed E-state index contributed by atoms with van der Waals surface area (Å²) < 4.78 is 89.2. The van der Waals surface area contributed by atoms with E-state index in [1.165, 1.54) is 48.5 Å². The molecule has 3 heterocycles. The van der Waals surface area contributed by atoms with Gasteiger partial charge in [0.2, 0.25) is 0 Å². The number of hydrogen-bond donors (Lipinski definition) is 3. The van der Waals surface area contributed by atoms with Crippen molar-refractivity contribution in [3.63, 3.8) is 0 Å². The normalized spacial score (nSPS) is 20.5. The van der Waals surface area contributed by atoms with Gasteiger partial charge < -0.3 is 29.5 Å². The lowest BCUT2D eigenvalue weighted by Gasteiger charge is -2.11. The zero-order valence-electron chi connectivity index (χ0n) is 20.8. The van der Waals surface area contributed by atoms with E-state index in [4.69, 9.17) is 10.2 Å². The fraction of sp³-hybridized carbons (Fsp3) is 0.250. The molecule has 3 N–H and O–H groups in total. The van der Waals surface area contributed by atoms with Crippen molar-refractivity contribution in [1.29, 1.82) is 0 Å². The molecule has 0 saturated carbocycles. The third-order valence-corrected chi connectivity index (χ3v) is 6.03. The molecule has 0 amide bonds. The zero-order chi connectivity index (χ0) is 31.0. The molecule has 3 aliphatic rings. The first-order valence-corrected chi connectivity index (χ1v) is 11.7. The number of rotatable bonds is 3. The summed E-state index contributed by atoms with van der Waals surface area (Å²) in [4.78, 5) is 31.7. The van der Waals surface area contributed by atoms with Crippen molar-refractivity contribution in [3.8, 4) is 17.2 Å². The summed E-state index contributed by atoms with van der Waals surface area (Å²) in [5.74, 6) is -1.73. The summed E-state index contributed by atoms with van der Waals surface area (Å²) in [6.45, 7) is -0.258. The van der Waals surface area contributed by atoms with E-state index in [-0.39, 0.29) is 59.1 Å². The maximum Gasteiger partial charge on any atom is 0.466 e. The minimum atomic E-state index is -3.80. The number of Topliss-reactive ketones (excluding diaryl/α,β-unsaturated/α-hetero) is 1. The Labute approximate surface area is 238 Å². The first kappa shape index (κ1) is 33.0. The number of halogens is 6. The number of carbonyl (C=O) groups is 3. The van der Waals surface area contributed by atoms with E-state index in [1.807, 2.05) is 0 Å². The van der Waals surface area contributed by atoms with Gasteiger partial charge in [-0.2, -0.15) is 26.3 Å². The number of fused-ring (bicyclic) bond motifs is 3. The van der Waals surface area contributed by atoms with Crippen LogP contribution in [0.25, 0.3) is 0 Å². The number of alkyl halides is 6. The highest BCUT2D eigenvalue weighted by molar-refractivity contribution is 6.06. The Morgan fingerprint density at radius 3 is 1.67 bits per heavy atom. The van der Waals surface area contributed by atoms with Gasteiger partial charge in [0.1, 0.15) is 29.8 Å². The second kappa shape index (κ2) is 12.0. The van der Waals surface area contributed by atoms with Crippen LogP contribution >= 0.6 is 0 Å². The number of carbonyl (C=O) groups excluding carboxylic acids is 3. The molecule has 6 rings (SSSR count). The summed E-state index contributed by atoms with van der Waals surface area (Å²) in [6.07, 6.45) is -13.9. The summed E-state index contributed by atoms with van der Waals surface area (Å²) in [5, 5.41) is 27.1. The van der Waals surface area contributed by atoms with Crippen LogP contribution in [0.3, 0.4) is 0 Å². The average molecular weight is 616 g/mol. The van der Waals surface area contributed by atoms with E-state index in [0.29, 0.717) is 18.1 Å². The van der Waals surface area contributed by atoms with Crippen molar-refractivity contribution in [1.82, 2.24) is 0 Å². The second-order valence-electron chi connectivity index (χ2n) is 8.90. The van der Waals surface area contributed by atoms with E-state index in [2.05, 4.69) is 14.2 Å². The average Bonchev–Trinajstić information content (AvgIpc) is 3.44. The van der Waals surface area contributed by atoms with Gasteiger partial charge in [0, 0.05) is 22.3 Å². The molecule has 0 aromatic heterocycles. The number of aliphatic hydroxyl groups excluding tert-OH is 3. The van der Waals surface area contributed by atoms with Crippen molar-refractivity contribution in [2.45, 2.75) is 44.6 Å². The van der Waals surface area contributed by atoms with Gasteiger partial charge in [-0.05, 0) is 54.1 Å². The van der Waals surface area contributed by atoms with Crippen LogP contribution in [-0.4, -0.2) is 52.0 Å². The van der Waals surface area contributed by atoms with Crippen molar-refractivity contribution in [2.75, 3.05) is 0 Å². The van der Waals surface area contributed by atoms with Gasteiger partial charge in [0.25, 0.3) is 5.78 Å². The van der Waals surface area contributed by atoms with Crippen molar-refractivity contribution in [2.24, 2.45) is 0 Å². The molecule has 0 radical (unpaired) electrons. The van der Waals surface area contributed by atoms with E-state index in [0.717, 1.165) is 6.07 Å². The van der Waals surface area contributed by atoms with Crippen molar-refractivity contribution in [3.05, 3.63) is 88.0 Å². The maximum absolute atomic E-state index is 12.8. The Balaban J connectivity index is 0.000000175. The molecule has 15 heteroatoms. The van der Waals surface area contributed by atoms with E-state index in [9.17, 15) is 45.8 Å². The van der Waals surface area contributed by atoms with Gasteiger partial charge in [0.15, 0.2) is 12.2 Å². The van der Waals surface area contributed by atoms with Gasteiger partial charge in [-0.1, -0.05) is 13.5 Å². The largest absolute Gasteiger partial charge is 0.466 e. The van der Waals surface area contributed by atoms with Crippen LogP contribution in [0.2, 0.25) is 0 Å². The molecule has 3 aliphatic heterocycles. The molecule has 2 atom stereocenters. The molecule has 0 bridgehead atoms. The molecular formula is C28H22F6O9. The van der Waals surface area contributed by atoms with Crippen LogP contribution in [-0.2, 0) is 6.61 Å². The highest BCUT2D eigenvalue weighted by Crippen LogP contribution is 2.46. The minimum Gasteiger partial charge on any atom is -0.430 e. The van der Waals surface area contributed by atoms with Gasteiger partial charge >= 0.3 is 18.3 Å². The predicted molar refractivity (Wildman–Crippen MR) is 134 cm³/mol. The maximum atomic E-state index is 12.8. The molecule has 3 aromatic carbocycles. The summed E-state index contributed by atoms with van der Waals surface area (Å²) in [7, 11) is 0. The van der Waals surface area contributed by atoms with Gasteiger partial charge in [0.05, 0.1) is 12.2 Å². The number of ether oxygens (including phenoxy) is 3. The first-order valence-electron chi connectivity index (χ1n) is 11.7. The lowest BCUT2D eigenvalue weighted by atomic mass is 10.1. The lowest BCUT2D eigenvalue weighted by molar-refractivity contribution is -0.224. The van der Waals surface area contributed by atoms with Crippen LogP contribution in [0, 0.1) is 0 Å². The quantitative estimate of drug-likeness (QED) is 0.274. The summed E-state index contributed by atoms with van der Waals surface area (Å²) >= 11 is 0. The molecule has 0 spiro atoms. The Morgan fingerprint density at radius 2 is 1.16 bits per heavy atom. The zero-order valence-corrected chi connectivity index (χ0v) is 20.8. The van der Waals surface area contributed by atoms with Crippen molar-refractivity contribution >= 4 is 18.4 Å². The number of ketones is 1. The second-order valence-corrected chi connectivity index (χ2v) is 8.90. The lowest BCUT2D eigenvalue weighted by Crippen LogP contribution is -2.28. The van der Waals surface area contributed by atoms with Crippen LogP contribution < -0.4 is 14.2 Å². The smallest absolute Gasteiger partial charge is 0.430 e. The molecule has 0 fully saturated rings. The Morgan fingerprint density at radius 1 is 0.698 bits per heavy atom. The molecule has 0 aliphatic carbocycles. The number of aliphatic hydroxyl groups is 3. The number of aldehydes is 2. The first-order chi connectivity index (χ1) is 19.6. The monoisotopic (exact) mass is 616 g/mol. The topological polar surface area (TPSA) is 140 Å². The highest BCUT2D eigenvalue weighted by Gasteiger charge is 2.51. The van der Waals surface area contributed by atoms with Crippen LogP contribution in [0.1, 0.15) is 67.4 Å². The minimum absolute atomic E-state index is 0. The van der Waals surface area contributed by atoms with Crippen LogP contribution in [0.4, 0.5) is 26.3 Å². The fourth-order valence-corrected chi connectivity index (χ4v) is 3.95. The van der Waals surface area contributed by atoms with Gasteiger partial charge in [-0.15, -0.1) is 0 Å². The predicted octanol–water partition coefficient (Wildman–Crippen LogP) is 5.02. The molecule has 3 aromatic rings. The molecule has 0 saturated heterocycles. The SMILES string of the molecule is C.O=Cc1ccc2c(c1)C(=O)C(F)(F)O2.O=Cc1ccc2c(c1)C(O)C(F)(F)O2.OCc1ccc2c(c1)C(O)C(F)(F)O2. The number of benzene rings is 3. The standard InChI is InChI=1S/C9H8F2O3.C9H6F2O3.C9H4F2O3.CH4/c3*10-9(11)8(13)6-3-5(4-12)1-2-7(6)14-9;/h1-3,8,12-13H,4H2;1-4,8,13H;1-4H;1H4. The Hall–Kier alpha value is -4.47. The Kier molecular flexibility index (Phi) is 9.24. The highest BCUT2D eigenvalue weighted by atomic mass is 19.3. The van der Waals surface area contributed by atoms with Gasteiger partial charge in [-0.3, -0.25) is 14.4 Å². The van der Waals surface area contributed by atoms with E-state index in [1.54, 1.807) is 0 Å². The van der Waals surface area contributed by atoms with Gasteiger partial charge in [-0.25, -0.2) is 0 Å². The summed E-state index contributed by atoms with van der Waals surface area (Å²) in [6, 6.07) is 11.4. The number of hydrogen-bond acceptors (Lipinski definition) is 9. The van der Waals surface area contributed by atoms with E-state index >= 15 is 0 Å². The Bertz CT molecular complexity index is 1540.